The van der Waals surface area contributed by atoms with Crippen LogP contribution in [-0.4, -0.2) is 11.3 Å². The molecule has 0 saturated heterocycles. The lowest BCUT2D eigenvalue weighted by Gasteiger charge is -2.04. The van der Waals surface area contributed by atoms with Gasteiger partial charge in [-0.2, -0.15) is 0 Å². The fraction of sp³-hybridized carbons (Fsp3) is 0. The molecule has 0 radical (unpaired) electrons. The van der Waals surface area contributed by atoms with E-state index in [-0.39, 0.29) is 5.56 Å². The van der Waals surface area contributed by atoms with Crippen LogP contribution in [0.25, 0.3) is 11.3 Å². The summed E-state index contributed by atoms with van der Waals surface area (Å²) < 4.78 is 13.1. The van der Waals surface area contributed by atoms with E-state index in [1.54, 1.807) is 24.3 Å². The number of aldehydes is 1. The van der Waals surface area contributed by atoms with Crippen molar-refractivity contribution in [1.82, 2.24) is 4.98 Å². The molecule has 2 rings (SSSR count). The van der Waals surface area contributed by atoms with Crippen molar-refractivity contribution in [3.05, 3.63) is 52.9 Å². The van der Waals surface area contributed by atoms with Crippen molar-refractivity contribution in [3.63, 3.8) is 0 Å². The van der Waals surface area contributed by atoms with Crippen LogP contribution < -0.4 is 0 Å². The third-order valence-corrected chi connectivity index (χ3v) is 2.49. The Balaban J connectivity index is 2.57. The van der Waals surface area contributed by atoms with Crippen LogP contribution in [0.3, 0.4) is 0 Å². The van der Waals surface area contributed by atoms with Crippen molar-refractivity contribution in [3.8, 4) is 11.3 Å². The van der Waals surface area contributed by atoms with E-state index in [4.69, 9.17) is 11.6 Å². The first-order chi connectivity index (χ1) is 7.72. The molecular weight excluding hydrogens is 229 g/mol. The minimum Gasteiger partial charge on any atom is -0.298 e. The summed E-state index contributed by atoms with van der Waals surface area (Å²) >= 11 is 5.97. The Hall–Kier alpha value is -1.74. The molecule has 0 fully saturated rings. The topological polar surface area (TPSA) is 30.0 Å². The number of pyridine rings is 1. The number of carbonyl (C=O) groups is 1. The number of nitrogens with zero attached hydrogens (tertiary/aromatic N) is 1. The van der Waals surface area contributed by atoms with Crippen molar-refractivity contribution in [1.29, 1.82) is 0 Å². The smallest absolute Gasteiger partial charge is 0.153 e. The first-order valence-corrected chi connectivity index (χ1v) is 4.96. The Bertz CT molecular complexity index is 542. The van der Waals surface area contributed by atoms with Crippen LogP contribution in [0.15, 0.2) is 36.5 Å². The zero-order valence-electron chi connectivity index (χ0n) is 8.15. The largest absolute Gasteiger partial charge is 0.298 e. The fourth-order valence-electron chi connectivity index (χ4n) is 1.36. The van der Waals surface area contributed by atoms with Crippen LogP contribution in [0.1, 0.15) is 10.4 Å². The van der Waals surface area contributed by atoms with E-state index < -0.39 is 5.82 Å². The molecule has 16 heavy (non-hydrogen) atoms. The second-order valence-electron chi connectivity index (χ2n) is 3.19. The molecule has 4 heteroatoms. The monoisotopic (exact) mass is 235 g/mol. The average molecular weight is 236 g/mol. The molecular formula is C12H7ClFNO. The first-order valence-electron chi connectivity index (χ1n) is 4.58. The number of carbonyl (C=O) groups excluding carboxylic acids is 1. The van der Waals surface area contributed by atoms with Crippen LogP contribution in [0.4, 0.5) is 4.39 Å². The third kappa shape index (κ3) is 1.95. The maximum Gasteiger partial charge on any atom is 0.153 e. The van der Waals surface area contributed by atoms with E-state index in [1.165, 1.54) is 6.07 Å². The molecule has 1 aromatic heterocycles. The lowest BCUT2D eigenvalue weighted by Crippen LogP contribution is -1.92. The molecule has 0 bridgehead atoms. The molecule has 0 atom stereocenters. The third-order valence-electron chi connectivity index (χ3n) is 2.16. The van der Waals surface area contributed by atoms with Gasteiger partial charge in [-0.15, -0.1) is 0 Å². The average Bonchev–Trinajstić information content (AvgIpc) is 2.31. The number of halogens is 2. The van der Waals surface area contributed by atoms with E-state index >= 15 is 0 Å². The Kier molecular flexibility index (Phi) is 2.97. The first kappa shape index (κ1) is 10.8. The Morgan fingerprint density at radius 3 is 2.75 bits per heavy atom. The summed E-state index contributed by atoms with van der Waals surface area (Å²) in [4.78, 5) is 14.5. The summed E-state index contributed by atoms with van der Waals surface area (Å²) in [5.41, 5.74) is 1.13. The van der Waals surface area contributed by atoms with Crippen molar-refractivity contribution in [2.45, 2.75) is 0 Å². The van der Waals surface area contributed by atoms with Gasteiger partial charge in [-0.25, -0.2) is 4.39 Å². The molecule has 0 unspecified atom stereocenters. The highest BCUT2D eigenvalue weighted by atomic mass is 35.5. The Morgan fingerprint density at radius 2 is 2.06 bits per heavy atom. The summed E-state index contributed by atoms with van der Waals surface area (Å²) in [5.74, 6) is -0.634. The lowest BCUT2D eigenvalue weighted by molar-refractivity contribution is 0.111. The Labute approximate surface area is 96.7 Å². The fourth-order valence-corrected chi connectivity index (χ4v) is 1.59. The van der Waals surface area contributed by atoms with Gasteiger partial charge < -0.3 is 0 Å². The Morgan fingerprint density at radius 1 is 1.31 bits per heavy atom. The molecule has 1 aromatic carbocycles. The van der Waals surface area contributed by atoms with E-state index in [0.717, 1.165) is 6.20 Å². The van der Waals surface area contributed by atoms with Crippen LogP contribution in [0.2, 0.25) is 5.02 Å². The van der Waals surface area contributed by atoms with Crippen LogP contribution in [0, 0.1) is 5.82 Å². The van der Waals surface area contributed by atoms with E-state index in [1.807, 2.05) is 0 Å². The van der Waals surface area contributed by atoms with Crippen LogP contribution in [-0.2, 0) is 0 Å². The maximum atomic E-state index is 13.1. The zero-order valence-corrected chi connectivity index (χ0v) is 8.91. The lowest BCUT2D eigenvalue weighted by atomic mass is 10.1. The van der Waals surface area contributed by atoms with Crippen molar-refractivity contribution in [2.24, 2.45) is 0 Å². The summed E-state index contributed by atoms with van der Waals surface area (Å²) in [6.07, 6.45) is 1.47. The van der Waals surface area contributed by atoms with Crippen LogP contribution in [0.5, 0.6) is 0 Å². The molecule has 0 N–H and O–H groups in total. The van der Waals surface area contributed by atoms with E-state index in [0.29, 0.717) is 22.6 Å². The highest BCUT2D eigenvalue weighted by molar-refractivity contribution is 6.33. The van der Waals surface area contributed by atoms with Gasteiger partial charge in [0, 0.05) is 10.6 Å². The standard InChI is InChI=1S/C12H7ClFNO/c13-10-4-2-1-3-9(10)12-5-8(7-16)11(14)6-15-12/h1-7H. The molecule has 0 spiro atoms. The molecule has 0 aliphatic heterocycles. The van der Waals surface area contributed by atoms with Gasteiger partial charge in [0.1, 0.15) is 0 Å². The summed E-state index contributed by atoms with van der Waals surface area (Å²) in [7, 11) is 0. The molecule has 0 aliphatic rings. The summed E-state index contributed by atoms with van der Waals surface area (Å²) in [6.45, 7) is 0. The van der Waals surface area contributed by atoms with Gasteiger partial charge in [0.05, 0.1) is 17.5 Å². The van der Waals surface area contributed by atoms with Crippen molar-refractivity contribution in [2.75, 3.05) is 0 Å². The minimum absolute atomic E-state index is 0.0232. The van der Waals surface area contributed by atoms with Gasteiger partial charge in [0.2, 0.25) is 0 Å². The van der Waals surface area contributed by atoms with E-state index in [9.17, 15) is 9.18 Å². The quantitative estimate of drug-likeness (QED) is 0.747. The molecule has 2 nitrogen and oxygen atoms in total. The number of aromatic nitrogens is 1. The predicted octanol–water partition coefficient (Wildman–Crippen LogP) is 3.35. The molecule has 1 heterocycles. The van der Waals surface area contributed by atoms with E-state index in [2.05, 4.69) is 4.98 Å². The van der Waals surface area contributed by atoms with Gasteiger partial charge in [-0.3, -0.25) is 9.78 Å². The molecule has 80 valence electrons. The molecule has 0 saturated carbocycles. The van der Waals surface area contributed by atoms with Gasteiger partial charge in [0.25, 0.3) is 0 Å². The SMILES string of the molecule is O=Cc1cc(-c2ccccc2Cl)ncc1F. The van der Waals surface area contributed by atoms with Crippen molar-refractivity contribution >= 4 is 17.9 Å². The minimum atomic E-state index is -0.634. The zero-order chi connectivity index (χ0) is 11.5. The summed E-state index contributed by atoms with van der Waals surface area (Å²) in [6, 6.07) is 8.44. The summed E-state index contributed by atoms with van der Waals surface area (Å²) in [5, 5.41) is 0.512. The molecule has 0 aliphatic carbocycles. The highest BCUT2D eigenvalue weighted by Gasteiger charge is 2.08. The van der Waals surface area contributed by atoms with Gasteiger partial charge >= 0.3 is 0 Å². The highest BCUT2D eigenvalue weighted by Crippen LogP contribution is 2.26. The number of hydrogen-bond donors (Lipinski definition) is 0. The molecule has 0 amide bonds. The number of benzene rings is 1. The molecule has 2 aromatic rings. The number of rotatable bonds is 2. The predicted molar refractivity (Wildman–Crippen MR) is 60.0 cm³/mol. The second kappa shape index (κ2) is 4.41. The maximum absolute atomic E-state index is 13.1. The second-order valence-corrected chi connectivity index (χ2v) is 3.60. The number of hydrogen-bond acceptors (Lipinski definition) is 2. The van der Waals surface area contributed by atoms with Gasteiger partial charge in [0.15, 0.2) is 12.1 Å². The van der Waals surface area contributed by atoms with Gasteiger partial charge in [-0.05, 0) is 12.1 Å². The van der Waals surface area contributed by atoms with Crippen LogP contribution >= 0.6 is 11.6 Å². The van der Waals surface area contributed by atoms with Gasteiger partial charge in [-0.1, -0.05) is 29.8 Å². The normalized spacial score (nSPS) is 10.1. The van der Waals surface area contributed by atoms with Crippen molar-refractivity contribution < 1.29 is 9.18 Å².